The first-order valence-electron chi connectivity index (χ1n) is 14.1. The van der Waals surface area contributed by atoms with Crippen LogP contribution in [0.5, 0.6) is 0 Å². The molecule has 1 aliphatic heterocycles. The highest BCUT2D eigenvalue weighted by Crippen LogP contribution is 2.60. The monoisotopic (exact) mass is 550 g/mol. The molecular weight excluding hydrogens is 520 g/mol. The van der Waals surface area contributed by atoms with Gasteiger partial charge in [-0.25, -0.2) is 14.5 Å². The van der Waals surface area contributed by atoms with Crippen molar-refractivity contribution in [3.05, 3.63) is 83.1 Å². The first-order valence-corrected chi connectivity index (χ1v) is 14.1. The first-order chi connectivity index (χ1) is 19.8. The number of esters is 1. The van der Waals surface area contributed by atoms with Gasteiger partial charge in [0.05, 0.1) is 18.4 Å². The second-order valence-electron chi connectivity index (χ2n) is 11.9. The smallest absolute Gasteiger partial charge is 0.338 e. The van der Waals surface area contributed by atoms with E-state index < -0.39 is 23.8 Å². The normalized spacial score (nSPS) is 27.8. The van der Waals surface area contributed by atoms with E-state index in [1.165, 1.54) is 57.3 Å². The minimum absolute atomic E-state index is 0.200. The quantitative estimate of drug-likeness (QED) is 0.242. The maximum atomic E-state index is 13.5. The fourth-order valence-electron chi connectivity index (χ4n) is 8.02. The van der Waals surface area contributed by atoms with E-state index in [1.807, 2.05) is 12.1 Å². The summed E-state index contributed by atoms with van der Waals surface area (Å²) < 4.78 is 10.7. The molecule has 1 N–H and O–H groups in total. The number of hydrogen-bond donors (Lipinski definition) is 1. The minimum atomic E-state index is -0.797. The van der Waals surface area contributed by atoms with E-state index in [-0.39, 0.29) is 16.7 Å². The maximum Gasteiger partial charge on any atom is 0.338 e. The van der Waals surface area contributed by atoms with Crippen LogP contribution in [0.25, 0.3) is 17.4 Å². The highest BCUT2D eigenvalue weighted by atomic mass is 16.5. The third-order valence-corrected chi connectivity index (χ3v) is 9.39. The predicted molar refractivity (Wildman–Crippen MR) is 151 cm³/mol. The Morgan fingerprint density at radius 2 is 1.59 bits per heavy atom. The summed E-state index contributed by atoms with van der Waals surface area (Å²) in [4.78, 5) is 52.2. The predicted octanol–water partition coefficient (Wildman–Crippen LogP) is 5.87. The topological polar surface area (TPSA) is 106 Å². The number of furan rings is 1. The van der Waals surface area contributed by atoms with Crippen molar-refractivity contribution in [1.82, 2.24) is 5.32 Å². The van der Waals surface area contributed by atoms with Crippen LogP contribution in [0, 0.1) is 17.8 Å². The van der Waals surface area contributed by atoms with Crippen LogP contribution in [0.15, 0.2) is 70.7 Å². The van der Waals surface area contributed by atoms with Gasteiger partial charge in [-0.3, -0.25) is 14.9 Å². The molecule has 5 aliphatic rings. The standard InChI is InChI=1S/C33H30N2O6/c1-40-31(38)26-5-3-2-4-25(26)28-11-10-24(41-28)15-27-29(36)34-32(39)35(30(27)37)23-8-6-22(7-9-23)33-16-19-12-20(17-33)14-21(13-19)18-33/h2-11,15,19-21H,12-14,16-18H2,1H3,(H,34,36,39)/b27-15+. The number of ether oxygens (including phenoxy) is 1. The number of urea groups is 1. The van der Waals surface area contributed by atoms with Crippen LogP contribution >= 0.6 is 0 Å². The SMILES string of the molecule is COC(=O)c1ccccc1-c1ccc(/C=C2\C(=O)NC(=O)N(c3ccc(C45CC6CC(CC(C6)C4)C5)cc3)C2=O)o1. The summed E-state index contributed by atoms with van der Waals surface area (Å²) in [6.45, 7) is 0. The largest absolute Gasteiger partial charge is 0.465 e. The number of rotatable bonds is 5. The van der Waals surface area contributed by atoms with Gasteiger partial charge in [0.15, 0.2) is 0 Å². The molecule has 0 atom stereocenters. The van der Waals surface area contributed by atoms with Crippen LogP contribution in [0.1, 0.15) is 60.2 Å². The third kappa shape index (κ3) is 4.29. The van der Waals surface area contributed by atoms with Gasteiger partial charge < -0.3 is 9.15 Å². The molecule has 1 saturated heterocycles. The molecule has 0 radical (unpaired) electrons. The van der Waals surface area contributed by atoms with Crippen molar-refractivity contribution in [3.63, 3.8) is 0 Å². The van der Waals surface area contributed by atoms with Crippen molar-refractivity contribution >= 4 is 35.6 Å². The zero-order chi connectivity index (χ0) is 28.3. The number of methoxy groups -OCH3 is 1. The Kier molecular flexibility index (Phi) is 5.96. The van der Waals surface area contributed by atoms with Crippen LogP contribution in [-0.2, 0) is 19.7 Å². The number of benzene rings is 2. The molecule has 8 nitrogen and oxygen atoms in total. The molecule has 2 aromatic carbocycles. The number of hydrogen-bond acceptors (Lipinski definition) is 6. The van der Waals surface area contributed by atoms with E-state index >= 15 is 0 Å². The summed E-state index contributed by atoms with van der Waals surface area (Å²) in [5, 5.41) is 2.28. The summed E-state index contributed by atoms with van der Waals surface area (Å²) in [6.07, 6.45) is 9.05. The molecular formula is C33H30N2O6. The molecule has 4 saturated carbocycles. The molecule has 1 aromatic heterocycles. The van der Waals surface area contributed by atoms with Gasteiger partial charge in [0, 0.05) is 5.56 Å². The molecule has 4 amide bonds. The lowest BCUT2D eigenvalue weighted by molar-refractivity contribution is -0.122. The molecule has 208 valence electrons. The van der Waals surface area contributed by atoms with Gasteiger partial charge in [-0.15, -0.1) is 0 Å². The Bertz CT molecular complexity index is 1580. The van der Waals surface area contributed by atoms with Crippen LogP contribution in [-0.4, -0.2) is 30.9 Å². The Hall–Kier alpha value is -4.46. The van der Waals surface area contributed by atoms with Crippen LogP contribution in [0.3, 0.4) is 0 Å². The molecule has 8 rings (SSSR count). The van der Waals surface area contributed by atoms with E-state index in [4.69, 9.17) is 9.15 Å². The maximum absolute atomic E-state index is 13.5. The van der Waals surface area contributed by atoms with E-state index in [0.29, 0.717) is 22.6 Å². The van der Waals surface area contributed by atoms with Crippen molar-refractivity contribution in [3.8, 4) is 11.3 Å². The Labute approximate surface area is 237 Å². The molecule has 8 heteroatoms. The second-order valence-corrected chi connectivity index (χ2v) is 11.9. The van der Waals surface area contributed by atoms with Gasteiger partial charge in [-0.1, -0.05) is 30.3 Å². The average Bonchev–Trinajstić information content (AvgIpc) is 3.43. The van der Waals surface area contributed by atoms with E-state index in [0.717, 1.165) is 22.7 Å². The van der Waals surface area contributed by atoms with Gasteiger partial charge in [0.2, 0.25) is 0 Å². The van der Waals surface area contributed by atoms with Gasteiger partial charge in [-0.05, 0) is 104 Å². The summed E-state index contributed by atoms with van der Waals surface area (Å²) in [7, 11) is 1.30. The summed E-state index contributed by atoms with van der Waals surface area (Å²) in [5.74, 6) is 0.991. The van der Waals surface area contributed by atoms with Crippen molar-refractivity contribution in [2.75, 3.05) is 12.0 Å². The molecule has 41 heavy (non-hydrogen) atoms. The van der Waals surface area contributed by atoms with Crippen molar-refractivity contribution in [2.45, 2.75) is 43.9 Å². The third-order valence-electron chi connectivity index (χ3n) is 9.39. The van der Waals surface area contributed by atoms with E-state index in [1.54, 1.807) is 36.4 Å². The number of carbonyl (C=O) groups excluding carboxylic acids is 4. The van der Waals surface area contributed by atoms with E-state index in [2.05, 4.69) is 17.4 Å². The van der Waals surface area contributed by atoms with Crippen LogP contribution < -0.4 is 10.2 Å². The number of nitrogens with zero attached hydrogens (tertiary/aromatic N) is 1. The van der Waals surface area contributed by atoms with Crippen LogP contribution in [0.2, 0.25) is 0 Å². The zero-order valence-corrected chi connectivity index (χ0v) is 22.7. The summed E-state index contributed by atoms with van der Waals surface area (Å²) in [6, 6.07) is 17.0. The van der Waals surface area contributed by atoms with Gasteiger partial charge in [-0.2, -0.15) is 0 Å². The Morgan fingerprint density at radius 3 is 2.24 bits per heavy atom. The minimum Gasteiger partial charge on any atom is -0.465 e. The molecule has 0 unspecified atom stereocenters. The molecule has 4 bridgehead atoms. The molecule has 4 aliphatic carbocycles. The Balaban J connectivity index is 1.15. The van der Waals surface area contributed by atoms with Crippen LogP contribution in [0.4, 0.5) is 10.5 Å². The molecule has 2 heterocycles. The molecule has 3 aromatic rings. The molecule has 0 spiro atoms. The number of barbiturate groups is 1. The summed E-state index contributed by atoms with van der Waals surface area (Å²) >= 11 is 0. The fraction of sp³-hybridized carbons (Fsp3) is 0.333. The van der Waals surface area contributed by atoms with Gasteiger partial charge in [0.25, 0.3) is 11.8 Å². The number of amides is 4. The first kappa shape index (κ1) is 25.5. The lowest BCUT2D eigenvalue weighted by Crippen LogP contribution is -2.54. The number of imide groups is 2. The highest BCUT2D eigenvalue weighted by Gasteiger charge is 2.51. The van der Waals surface area contributed by atoms with Gasteiger partial charge >= 0.3 is 12.0 Å². The second kappa shape index (κ2) is 9.58. The zero-order valence-electron chi connectivity index (χ0n) is 22.7. The fourth-order valence-corrected chi connectivity index (χ4v) is 8.02. The van der Waals surface area contributed by atoms with Gasteiger partial charge in [0.1, 0.15) is 17.1 Å². The number of anilines is 1. The molecule has 5 fully saturated rings. The lowest BCUT2D eigenvalue weighted by Gasteiger charge is -2.57. The number of nitrogens with one attached hydrogen (secondary N) is 1. The number of carbonyl (C=O) groups is 4. The van der Waals surface area contributed by atoms with Crippen molar-refractivity contribution in [2.24, 2.45) is 17.8 Å². The highest BCUT2D eigenvalue weighted by molar-refractivity contribution is 6.39. The van der Waals surface area contributed by atoms with Crippen molar-refractivity contribution in [1.29, 1.82) is 0 Å². The average molecular weight is 551 g/mol. The van der Waals surface area contributed by atoms with Crippen molar-refractivity contribution < 1.29 is 28.3 Å². The Morgan fingerprint density at radius 1 is 0.927 bits per heavy atom. The summed E-state index contributed by atoms with van der Waals surface area (Å²) in [5.41, 5.74) is 2.50. The van der Waals surface area contributed by atoms with E-state index in [9.17, 15) is 19.2 Å². The lowest BCUT2D eigenvalue weighted by atomic mass is 9.48.